The van der Waals surface area contributed by atoms with Crippen molar-refractivity contribution in [2.75, 3.05) is 51.3 Å². The van der Waals surface area contributed by atoms with Crippen LogP contribution < -0.4 is 14.8 Å². The summed E-state index contributed by atoms with van der Waals surface area (Å²) in [6.45, 7) is 11.2. The van der Waals surface area contributed by atoms with E-state index >= 15 is 0 Å². The molecular formula is C26H35N3O5S. The molecule has 35 heavy (non-hydrogen) atoms. The van der Waals surface area contributed by atoms with Crippen LogP contribution in [0.5, 0.6) is 11.5 Å². The normalized spacial score (nSPS) is 17.1. The summed E-state index contributed by atoms with van der Waals surface area (Å²) < 4.78 is 38.9. The molecule has 9 heteroatoms. The average molecular weight is 502 g/mol. The number of ether oxygens (including phenoxy) is 2. The van der Waals surface area contributed by atoms with E-state index in [0.717, 1.165) is 16.8 Å². The van der Waals surface area contributed by atoms with Crippen LogP contribution in [-0.2, 0) is 14.8 Å². The van der Waals surface area contributed by atoms with Crippen LogP contribution in [0.2, 0.25) is 0 Å². The van der Waals surface area contributed by atoms with Crippen molar-refractivity contribution in [2.45, 2.75) is 44.4 Å². The molecule has 0 radical (unpaired) electrons. The zero-order chi connectivity index (χ0) is 25.2. The van der Waals surface area contributed by atoms with Gasteiger partial charge in [0, 0.05) is 37.9 Å². The van der Waals surface area contributed by atoms with E-state index in [1.807, 2.05) is 11.0 Å². The molecule has 2 aliphatic heterocycles. The number of sulfonamides is 1. The second kappa shape index (κ2) is 10.6. The third kappa shape index (κ3) is 5.63. The molecule has 0 bridgehead atoms. The Morgan fingerprint density at radius 2 is 1.51 bits per heavy atom. The minimum Gasteiger partial charge on any atom is -0.486 e. The van der Waals surface area contributed by atoms with Crippen LogP contribution in [0.1, 0.15) is 50.7 Å². The molecule has 1 fully saturated rings. The molecule has 1 amide bonds. The third-order valence-corrected chi connectivity index (χ3v) is 8.38. The standard InChI is InChI=1S/C26H35N3O5S/c1-18(2)21-6-5-7-22(19(3)4)26(21)27-25(30)17-28-10-12-29(13-11-28)35(31,32)20-8-9-23-24(16-20)34-15-14-33-23/h5-9,16,18-19H,10-15,17H2,1-4H3,(H,27,30). The number of fused-ring (bicyclic) bond motifs is 1. The van der Waals surface area contributed by atoms with Crippen LogP contribution in [0.25, 0.3) is 0 Å². The molecule has 0 atom stereocenters. The maximum Gasteiger partial charge on any atom is 0.243 e. The highest BCUT2D eigenvalue weighted by atomic mass is 32.2. The number of nitrogens with zero attached hydrogens (tertiary/aromatic N) is 2. The zero-order valence-corrected chi connectivity index (χ0v) is 21.7. The first-order valence-electron chi connectivity index (χ1n) is 12.2. The van der Waals surface area contributed by atoms with E-state index in [0.29, 0.717) is 62.7 Å². The fraction of sp³-hybridized carbons (Fsp3) is 0.500. The number of hydrogen-bond donors (Lipinski definition) is 1. The van der Waals surface area contributed by atoms with E-state index in [-0.39, 0.29) is 17.3 Å². The number of carbonyl (C=O) groups is 1. The molecule has 2 aromatic carbocycles. The topological polar surface area (TPSA) is 88.2 Å². The number of benzene rings is 2. The van der Waals surface area contributed by atoms with Crippen molar-refractivity contribution in [2.24, 2.45) is 0 Å². The molecule has 2 heterocycles. The van der Waals surface area contributed by atoms with E-state index in [4.69, 9.17) is 9.47 Å². The van der Waals surface area contributed by atoms with Gasteiger partial charge in [-0.05, 0) is 35.1 Å². The second-order valence-corrected chi connectivity index (χ2v) is 11.6. The first-order valence-corrected chi connectivity index (χ1v) is 13.7. The average Bonchev–Trinajstić information content (AvgIpc) is 2.83. The zero-order valence-electron chi connectivity index (χ0n) is 20.9. The lowest BCUT2D eigenvalue weighted by molar-refractivity contribution is -0.117. The van der Waals surface area contributed by atoms with Crippen molar-refractivity contribution in [3.63, 3.8) is 0 Å². The highest BCUT2D eigenvalue weighted by Gasteiger charge is 2.30. The molecule has 0 aromatic heterocycles. The van der Waals surface area contributed by atoms with Gasteiger partial charge in [0.2, 0.25) is 15.9 Å². The first-order chi connectivity index (χ1) is 16.7. The smallest absolute Gasteiger partial charge is 0.243 e. The van der Waals surface area contributed by atoms with Crippen molar-refractivity contribution in [3.05, 3.63) is 47.5 Å². The molecule has 0 spiro atoms. The quantitative estimate of drug-likeness (QED) is 0.623. The van der Waals surface area contributed by atoms with E-state index in [2.05, 4.69) is 45.1 Å². The van der Waals surface area contributed by atoms with Crippen molar-refractivity contribution >= 4 is 21.6 Å². The summed E-state index contributed by atoms with van der Waals surface area (Å²) >= 11 is 0. The van der Waals surface area contributed by atoms with Gasteiger partial charge in [-0.15, -0.1) is 0 Å². The number of piperazine rings is 1. The van der Waals surface area contributed by atoms with Crippen LogP contribution in [0, 0.1) is 0 Å². The van der Waals surface area contributed by atoms with Crippen LogP contribution in [0.3, 0.4) is 0 Å². The molecule has 1 N–H and O–H groups in total. The Kier molecular flexibility index (Phi) is 7.68. The van der Waals surface area contributed by atoms with Gasteiger partial charge in [0.25, 0.3) is 0 Å². The van der Waals surface area contributed by atoms with Gasteiger partial charge in [-0.1, -0.05) is 45.9 Å². The van der Waals surface area contributed by atoms with E-state index in [9.17, 15) is 13.2 Å². The number of amides is 1. The Morgan fingerprint density at radius 3 is 2.11 bits per heavy atom. The Hall–Kier alpha value is -2.62. The number of rotatable bonds is 7. The summed E-state index contributed by atoms with van der Waals surface area (Å²) in [5.41, 5.74) is 3.15. The molecule has 0 saturated carbocycles. The van der Waals surface area contributed by atoms with Gasteiger partial charge in [0.1, 0.15) is 13.2 Å². The molecule has 1 saturated heterocycles. The van der Waals surface area contributed by atoms with E-state index < -0.39 is 10.0 Å². The summed E-state index contributed by atoms with van der Waals surface area (Å²) in [7, 11) is -3.66. The van der Waals surface area contributed by atoms with Gasteiger partial charge in [-0.25, -0.2) is 8.42 Å². The number of anilines is 1. The monoisotopic (exact) mass is 501 g/mol. The van der Waals surface area contributed by atoms with Crippen molar-refractivity contribution in [3.8, 4) is 11.5 Å². The van der Waals surface area contributed by atoms with Gasteiger partial charge in [-0.2, -0.15) is 4.31 Å². The molecule has 4 rings (SSSR count). The summed E-state index contributed by atoms with van der Waals surface area (Å²) in [6.07, 6.45) is 0. The van der Waals surface area contributed by atoms with Crippen molar-refractivity contribution < 1.29 is 22.7 Å². The maximum absolute atomic E-state index is 13.2. The fourth-order valence-corrected chi connectivity index (χ4v) is 5.98. The number of carbonyl (C=O) groups excluding carboxylic acids is 1. The summed E-state index contributed by atoms with van der Waals surface area (Å²) in [5, 5.41) is 3.15. The Morgan fingerprint density at radius 1 is 0.914 bits per heavy atom. The highest BCUT2D eigenvalue weighted by molar-refractivity contribution is 7.89. The van der Waals surface area contributed by atoms with Gasteiger partial charge >= 0.3 is 0 Å². The fourth-order valence-electron chi connectivity index (χ4n) is 4.54. The van der Waals surface area contributed by atoms with Crippen LogP contribution in [-0.4, -0.2) is 69.5 Å². The Labute approximate surface area is 208 Å². The van der Waals surface area contributed by atoms with Crippen LogP contribution >= 0.6 is 0 Å². The van der Waals surface area contributed by atoms with Gasteiger partial charge < -0.3 is 14.8 Å². The van der Waals surface area contributed by atoms with Crippen molar-refractivity contribution in [1.82, 2.24) is 9.21 Å². The summed E-state index contributed by atoms with van der Waals surface area (Å²) in [5.74, 6) is 1.51. The lowest BCUT2D eigenvalue weighted by Gasteiger charge is -2.33. The van der Waals surface area contributed by atoms with Crippen molar-refractivity contribution in [1.29, 1.82) is 0 Å². The number of para-hydroxylation sites is 1. The third-order valence-electron chi connectivity index (χ3n) is 6.49. The van der Waals surface area contributed by atoms with Gasteiger partial charge in [0.15, 0.2) is 11.5 Å². The Bertz CT molecular complexity index is 1150. The predicted octanol–water partition coefficient (Wildman–Crippen LogP) is 3.65. The molecule has 8 nitrogen and oxygen atoms in total. The lowest BCUT2D eigenvalue weighted by atomic mass is 9.92. The molecule has 0 aliphatic carbocycles. The van der Waals surface area contributed by atoms with E-state index in [1.54, 1.807) is 12.1 Å². The molecule has 0 unspecified atom stereocenters. The van der Waals surface area contributed by atoms with Gasteiger partial charge in [0.05, 0.1) is 11.4 Å². The SMILES string of the molecule is CC(C)c1cccc(C(C)C)c1NC(=O)CN1CCN(S(=O)(=O)c2ccc3c(c2)OCCO3)CC1. The maximum atomic E-state index is 13.2. The van der Waals surface area contributed by atoms with Crippen LogP contribution in [0.4, 0.5) is 5.69 Å². The Balaban J connectivity index is 1.38. The molecule has 2 aromatic rings. The summed E-state index contributed by atoms with van der Waals surface area (Å²) in [4.78, 5) is 15.1. The molecule has 2 aliphatic rings. The first kappa shape index (κ1) is 25.5. The predicted molar refractivity (Wildman–Crippen MR) is 136 cm³/mol. The molecular weight excluding hydrogens is 466 g/mol. The van der Waals surface area contributed by atoms with Crippen LogP contribution in [0.15, 0.2) is 41.3 Å². The minimum absolute atomic E-state index is 0.0804. The lowest BCUT2D eigenvalue weighted by Crippen LogP contribution is -2.50. The van der Waals surface area contributed by atoms with Gasteiger partial charge in [-0.3, -0.25) is 9.69 Å². The minimum atomic E-state index is -3.66. The second-order valence-electron chi connectivity index (χ2n) is 9.65. The largest absolute Gasteiger partial charge is 0.486 e. The summed E-state index contributed by atoms with van der Waals surface area (Å²) in [6, 6.07) is 10.9. The number of hydrogen-bond acceptors (Lipinski definition) is 6. The molecule has 190 valence electrons. The number of nitrogens with one attached hydrogen (secondary N) is 1. The van der Waals surface area contributed by atoms with E-state index in [1.165, 1.54) is 10.4 Å². The highest BCUT2D eigenvalue weighted by Crippen LogP contribution is 2.34.